The van der Waals surface area contributed by atoms with Crippen molar-refractivity contribution in [2.24, 2.45) is 0 Å². The van der Waals surface area contributed by atoms with Gasteiger partial charge in [-0.15, -0.1) is 0 Å². The highest BCUT2D eigenvalue weighted by Gasteiger charge is 2.47. The first kappa shape index (κ1) is 19.4. The molecule has 6 nitrogen and oxygen atoms in total. The van der Waals surface area contributed by atoms with Gasteiger partial charge in [0.15, 0.2) is 18.5 Å². The Morgan fingerprint density at radius 2 is 1.36 bits per heavy atom. The average molecular weight is 350 g/mol. The largest absolute Gasteiger partial charge is 0.464 e. The summed E-state index contributed by atoms with van der Waals surface area (Å²) in [5.41, 5.74) is 0.734. The smallest absolute Gasteiger partial charge is 0.338 e. The molecule has 2 rings (SSSR count). The zero-order valence-electron chi connectivity index (χ0n) is 14.8. The fourth-order valence-corrected chi connectivity index (χ4v) is 2.37. The third kappa shape index (κ3) is 5.54. The Morgan fingerprint density at radius 1 is 0.880 bits per heavy atom. The number of ether oxygens (including phenoxy) is 4. The van der Waals surface area contributed by atoms with E-state index in [2.05, 4.69) is 0 Å². The molecule has 0 amide bonds. The summed E-state index contributed by atoms with van der Waals surface area (Å²) in [7, 11) is 0. The minimum Gasteiger partial charge on any atom is -0.464 e. The minimum absolute atomic E-state index is 0.294. The maximum Gasteiger partial charge on any atom is 0.338 e. The molecule has 1 saturated heterocycles. The monoisotopic (exact) mass is 350 g/mol. The van der Waals surface area contributed by atoms with Gasteiger partial charge in [0.2, 0.25) is 0 Å². The molecule has 6 heteroatoms. The highest BCUT2D eigenvalue weighted by Crippen LogP contribution is 2.32. The summed E-state index contributed by atoms with van der Waals surface area (Å²) in [6.45, 7) is 4.59. The molecule has 138 valence electrons. The highest BCUT2D eigenvalue weighted by molar-refractivity contribution is 5.86. The number of hydrogen-bond donors (Lipinski definition) is 0. The van der Waals surface area contributed by atoms with Crippen LogP contribution in [0.5, 0.6) is 0 Å². The summed E-state index contributed by atoms with van der Waals surface area (Å²) in [6, 6.07) is 9.17. The Balaban J connectivity index is 2.05. The second-order valence-corrected chi connectivity index (χ2v) is 5.90. The molecule has 0 bridgehead atoms. The van der Waals surface area contributed by atoms with E-state index >= 15 is 0 Å². The van der Waals surface area contributed by atoms with E-state index in [0.717, 1.165) is 31.2 Å². The second kappa shape index (κ2) is 10.2. The number of rotatable bonds is 9. The molecule has 1 aromatic carbocycles. The lowest BCUT2D eigenvalue weighted by Crippen LogP contribution is -2.39. The third-order valence-electron chi connectivity index (χ3n) is 3.84. The van der Waals surface area contributed by atoms with E-state index in [1.165, 1.54) is 0 Å². The van der Waals surface area contributed by atoms with Crippen molar-refractivity contribution in [2.45, 2.75) is 58.0 Å². The maximum atomic E-state index is 12.3. The Hall–Kier alpha value is -1.92. The summed E-state index contributed by atoms with van der Waals surface area (Å²) in [4.78, 5) is 24.6. The van der Waals surface area contributed by atoms with Crippen molar-refractivity contribution in [1.82, 2.24) is 0 Å². The Labute approximate surface area is 148 Å². The predicted molar refractivity (Wildman–Crippen MR) is 90.7 cm³/mol. The van der Waals surface area contributed by atoms with E-state index in [1.807, 2.05) is 44.2 Å². The molecule has 0 unspecified atom stereocenters. The summed E-state index contributed by atoms with van der Waals surface area (Å²) >= 11 is 0. The quantitative estimate of drug-likeness (QED) is 0.503. The zero-order valence-corrected chi connectivity index (χ0v) is 14.8. The molecule has 25 heavy (non-hydrogen) atoms. The van der Waals surface area contributed by atoms with Gasteiger partial charge in [-0.25, -0.2) is 9.59 Å². The van der Waals surface area contributed by atoms with Crippen LogP contribution in [0.25, 0.3) is 0 Å². The summed E-state index contributed by atoms with van der Waals surface area (Å²) < 4.78 is 21.8. The van der Waals surface area contributed by atoms with Crippen LogP contribution in [0.3, 0.4) is 0 Å². The normalized spacial score (nSPS) is 20.4. The van der Waals surface area contributed by atoms with Crippen LogP contribution >= 0.6 is 0 Å². The van der Waals surface area contributed by atoms with Crippen LogP contribution in [0.4, 0.5) is 0 Å². The average Bonchev–Trinajstić information content (AvgIpc) is 3.08. The van der Waals surface area contributed by atoms with Gasteiger partial charge in [-0.1, -0.05) is 57.0 Å². The van der Waals surface area contributed by atoms with Gasteiger partial charge >= 0.3 is 11.9 Å². The van der Waals surface area contributed by atoms with Gasteiger partial charge in [-0.3, -0.25) is 0 Å². The molecule has 0 saturated carbocycles. The Kier molecular flexibility index (Phi) is 7.88. The fraction of sp³-hybridized carbons (Fsp3) is 0.579. The van der Waals surface area contributed by atoms with Crippen LogP contribution < -0.4 is 0 Å². The van der Waals surface area contributed by atoms with Crippen LogP contribution in [-0.4, -0.2) is 37.4 Å². The van der Waals surface area contributed by atoms with Crippen molar-refractivity contribution in [2.75, 3.05) is 13.2 Å². The lowest BCUT2D eigenvalue weighted by atomic mass is 10.2. The third-order valence-corrected chi connectivity index (χ3v) is 3.84. The standard InChI is InChI=1S/C19H26O6/c1-3-5-12-22-17(20)15-16(18(21)23-13-6-4-2)25-19(24-15)14-10-8-7-9-11-14/h7-11,15-16,19H,3-6,12-13H2,1-2H3/t15-,16-/m0/s1. The first-order valence-corrected chi connectivity index (χ1v) is 8.86. The number of carbonyl (C=O) groups excluding carboxylic acids is 2. The number of unbranched alkanes of at least 4 members (excludes halogenated alkanes) is 2. The number of esters is 2. The summed E-state index contributed by atoms with van der Waals surface area (Å²) in [6.07, 6.45) is 0.301. The molecular weight excluding hydrogens is 324 g/mol. The summed E-state index contributed by atoms with van der Waals surface area (Å²) in [5, 5.41) is 0. The van der Waals surface area contributed by atoms with Crippen molar-refractivity contribution in [1.29, 1.82) is 0 Å². The van der Waals surface area contributed by atoms with Gasteiger partial charge in [-0.05, 0) is 12.8 Å². The number of carbonyl (C=O) groups is 2. The van der Waals surface area contributed by atoms with Crippen molar-refractivity contribution in [3.05, 3.63) is 35.9 Å². The Morgan fingerprint density at radius 3 is 1.80 bits per heavy atom. The van der Waals surface area contributed by atoms with Crippen LogP contribution in [-0.2, 0) is 28.5 Å². The lowest BCUT2D eigenvalue weighted by molar-refractivity contribution is -0.163. The molecule has 0 aromatic heterocycles. The lowest BCUT2D eigenvalue weighted by Gasteiger charge is -2.14. The van der Waals surface area contributed by atoms with Crippen LogP contribution in [0, 0.1) is 0 Å². The molecule has 1 aromatic rings. The molecule has 0 spiro atoms. The summed E-state index contributed by atoms with van der Waals surface area (Å²) in [5.74, 6) is -1.19. The molecular formula is C19H26O6. The van der Waals surface area contributed by atoms with Crippen LogP contribution in [0.15, 0.2) is 30.3 Å². The van der Waals surface area contributed by atoms with Crippen molar-refractivity contribution in [3.8, 4) is 0 Å². The molecule has 2 atom stereocenters. The van der Waals surface area contributed by atoms with Gasteiger partial charge in [0.1, 0.15) is 0 Å². The molecule has 1 aliphatic heterocycles. The van der Waals surface area contributed by atoms with Gasteiger partial charge < -0.3 is 18.9 Å². The molecule has 1 aliphatic rings. The highest BCUT2D eigenvalue weighted by atomic mass is 16.8. The molecule has 1 fully saturated rings. The number of hydrogen-bond acceptors (Lipinski definition) is 6. The first-order chi connectivity index (χ1) is 12.2. The van der Waals surface area contributed by atoms with Crippen molar-refractivity contribution in [3.63, 3.8) is 0 Å². The second-order valence-electron chi connectivity index (χ2n) is 5.90. The van der Waals surface area contributed by atoms with Gasteiger partial charge in [0, 0.05) is 5.56 Å². The van der Waals surface area contributed by atoms with E-state index in [-0.39, 0.29) is 0 Å². The Bertz CT molecular complexity index is 514. The van der Waals surface area contributed by atoms with Crippen LogP contribution in [0.2, 0.25) is 0 Å². The zero-order chi connectivity index (χ0) is 18.1. The van der Waals surface area contributed by atoms with Gasteiger partial charge in [0.25, 0.3) is 0 Å². The van der Waals surface area contributed by atoms with E-state index in [4.69, 9.17) is 18.9 Å². The minimum atomic E-state index is -1.11. The van der Waals surface area contributed by atoms with Crippen LogP contribution in [0.1, 0.15) is 51.4 Å². The van der Waals surface area contributed by atoms with Crippen molar-refractivity contribution >= 4 is 11.9 Å². The predicted octanol–water partition coefficient (Wildman–Crippen LogP) is 3.16. The molecule has 0 radical (unpaired) electrons. The number of benzene rings is 1. The van der Waals surface area contributed by atoms with Gasteiger partial charge in [-0.2, -0.15) is 0 Å². The van der Waals surface area contributed by atoms with Crippen molar-refractivity contribution < 1.29 is 28.5 Å². The fourth-order valence-electron chi connectivity index (χ4n) is 2.37. The van der Waals surface area contributed by atoms with E-state index < -0.39 is 30.4 Å². The molecule has 0 N–H and O–H groups in total. The van der Waals surface area contributed by atoms with E-state index in [0.29, 0.717) is 13.2 Å². The maximum absolute atomic E-state index is 12.3. The van der Waals surface area contributed by atoms with E-state index in [9.17, 15) is 9.59 Å². The first-order valence-electron chi connectivity index (χ1n) is 8.86. The molecule has 1 heterocycles. The SMILES string of the molecule is CCCCOC(=O)[C@H]1OC(c2ccccc2)O[C@@H]1C(=O)OCCCC. The van der Waals surface area contributed by atoms with E-state index in [1.54, 1.807) is 0 Å². The topological polar surface area (TPSA) is 71.1 Å². The molecule has 0 aliphatic carbocycles. The van der Waals surface area contributed by atoms with Gasteiger partial charge in [0.05, 0.1) is 13.2 Å².